The van der Waals surface area contributed by atoms with Crippen molar-refractivity contribution in [2.45, 2.75) is 290 Å². The molecule has 6 nitrogen and oxygen atoms in total. The zero-order valence-electron chi connectivity index (χ0n) is 39.1. The molecular formula is C52H98O6. The summed E-state index contributed by atoms with van der Waals surface area (Å²) in [6, 6.07) is 0. The van der Waals surface area contributed by atoms with Crippen LogP contribution in [0.5, 0.6) is 0 Å². The van der Waals surface area contributed by atoms with Crippen molar-refractivity contribution in [3.8, 4) is 0 Å². The minimum atomic E-state index is -0.757. The highest BCUT2D eigenvalue weighted by molar-refractivity contribution is 5.71. The van der Waals surface area contributed by atoms with Crippen LogP contribution >= 0.6 is 0 Å². The maximum atomic E-state index is 12.5. The molecule has 0 bridgehead atoms. The first-order valence-corrected chi connectivity index (χ1v) is 25.7. The Morgan fingerprint density at radius 2 is 0.569 bits per heavy atom. The fourth-order valence-electron chi connectivity index (χ4n) is 7.61. The summed E-state index contributed by atoms with van der Waals surface area (Å²) in [6.45, 7) is 6.51. The number of esters is 3. The summed E-state index contributed by atoms with van der Waals surface area (Å²) in [4.78, 5) is 37.3. The molecule has 0 aliphatic heterocycles. The molecular weight excluding hydrogens is 721 g/mol. The predicted octanol–water partition coefficient (Wildman–Crippen LogP) is 16.6. The van der Waals surface area contributed by atoms with Gasteiger partial charge in [0.2, 0.25) is 0 Å². The van der Waals surface area contributed by atoms with Gasteiger partial charge in [-0.25, -0.2) is 0 Å². The van der Waals surface area contributed by atoms with Crippen LogP contribution in [0.15, 0.2) is 12.2 Å². The van der Waals surface area contributed by atoms with E-state index in [4.69, 9.17) is 14.2 Å². The van der Waals surface area contributed by atoms with E-state index in [0.717, 1.165) is 64.2 Å². The number of carbonyl (C=O) groups is 3. The third kappa shape index (κ3) is 45.2. The largest absolute Gasteiger partial charge is 0.462 e. The van der Waals surface area contributed by atoms with Crippen molar-refractivity contribution >= 4 is 17.9 Å². The van der Waals surface area contributed by atoms with Crippen LogP contribution in [0.1, 0.15) is 284 Å². The molecule has 0 saturated carbocycles. The van der Waals surface area contributed by atoms with E-state index >= 15 is 0 Å². The second kappa shape index (κ2) is 47.8. The molecule has 0 saturated heterocycles. The normalized spacial score (nSPS) is 12.0. The first-order valence-electron chi connectivity index (χ1n) is 25.7. The van der Waals surface area contributed by atoms with Crippen LogP contribution in [0.4, 0.5) is 0 Å². The molecule has 0 amide bonds. The average molecular weight is 819 g/mol. The molecule has 342 valence electrons. The van der Waals surface area contributed by atoms with Gasteiger partial charge in [0.1, 0.15) is 13.2 Å². The molecule has 1 atom stereocenters. The summed E-state index contributed by atoms with van der Waals surface area (Å²) < 4.78 is 16.5. The molecule has 0 aromatic carbocycles. The van der Waals surface area contributed by atoms with Crippen molar-refractivity contribution in [2.75, 3.05) is 13.2 Å². The van der Waals surface area contributed by atoms with E-state index in [-0.39, 0.29) is 31.1 Å². The second-order valence-electron chi connectivity index (χ2n) is 17.4. The van der Waals surface area contributed by atoms with E-state index in [0.29, 0.717) is 19.3 Å². The maximum Gasteiger partial charge on any atom is 0.306 e. The summed E-state index contributed by atoms with van der Waals surface area (Å²) in [5.41, 5.74) is 0. The molecule has 0 rings (SSSR count). The monoisotopic (exact) mass is 819 g/mol. The lowest BCUT2D eigenvalue weighted by Gasteiger charge is -2.18. The molecule has 0 N–H and O–H groups in total. The van der Waals surface area contributed by atoms with E-state index in [1.165, 1.54) is 180 Å². The molecule has 1 unspecified atom stereocenters. The Kier molecular flexibility index (Phi) is 46.3. The van der Waals surface area contributed by atoms with Crippen LogP contribution in [0.3, 0.4) is 0 Å². The van der Waals surface area contributed by atoms with E-state index in [1.54, 1.807) is 0 Å². The summed E-state index contributed by atoms with van der Waals surface area (Å²) in [5.74, 6) is -0.882. The highest BCUT2D eigenvalue weighted by atomic mass is 16.6. The topological polar surface area (TPSA) is 78.9 Å². The summed E-state index contributed by atoms with van der Waals surface area (Å²) in [6.07, 6.45) is 52.9. The van der Waals surface area contributed by atoms with Gasteiger partial charge in [-0.15, -0.1) is 0 Å². The molecule has 6 heteroatoms. The van der Waals surface area contributed by atoms with Gasteiger partial charge in [-0.2, -0.15) is 0 Å². The van der Waals surface area contributed by atoms with Gasteiger partial charge in [-0.1, -0.05) is 232 Å². The van der Waals surface area contributed by atoms with Gasteiger partial charge in [0.05, 0.1) is 0 Å². The van der Waals surface area contributed by atoms with Gasteiger partial charge in [-0.05, 0) is 44.9 Å². The minimum absolute atomic E-state index is 0.0669. The number of allylic oxidation sites excluding steroid dienone is 2. The zero-order chi connectivity index (χ0) is 42.3. The molecule has 0 fully saturated rings. The highest BCUT2D eigenvalue weighted by Gasteiger charge is 2.19. The number of unbranched alkanes of at least 4 members (excludes halogenated alkanes) is 34. The van der Waals surface area contributed by atoms with E-state index in [1.807, 2.05) is 0 Å². The Morgan fingerprint density at radius 3 is 0.862 bits per heavy atom. The Labute approximate surface area is 360 Å². The summed E-state index contributed by atoms with van der Waals surface area (Å²) in [5, 5.41) is 0. The van der Waals surface area contributed by atoms with Gasteiger partial charge in [0, 0.05) is 19.3 Å². The second-order valence-corrected chi connectivity index (χ2v) is 17.4. The van der Waals surface area contributed by atoms with Gasteiger partial charge in [0.15, 0.2) is 6.10 Å². The Hall–Kier alpha value is -1.85. The van der Waals surface area contributed by atoms with Crippen molar-refractivity contribution in [3.63, 3.8) is 0 Å². The van der Waals surface area contributed by atoms with Gasteiger partial charge >= 0.3 is 17.9 Å². The third-order valence-electron chi connectivity index (χ3n) is 11.5. The summed E-state index contributed by atoms with van der Waals surface area (Å²) in [7, 11) is 0. The maximum absolute atomic E-state index is 12.5. The lowest BCUT2D eigenvalue weighted by atomic mass is 10.0. The van der Waals surface area contributed by atoms with Crippen molar-refractivity contribution in [3.05, 3.63) is 12.2 Å². The molecule has 0 heterocycles. The van der Waals surface area contributed by atoms with Crippen molar-refractivity contribution in [2.24, 2.45) is 0 Å². The third-order valence-corrected chi connectivity index (χ3v) is 11.5. The molecule has 0 aromatic rings. The smallest absolute Gasteiger partial charge is 0.306 e. The SMILES string of the molecule is CCCCCCCCCC/C=C\CCCCCCCCCCCCCCCCCCCC(=O)OCC(COC(=O)CCCCCCC)OC(=O)CCCCCCCC. The first-order chi connectivity index (χ1) is 28.5. The van der Waals surface area contributed by atoms with Crippen molar-refractivity contribution < 1.29 is 28.6 Å². The van der Waals surface area contributed by atoms with Crippen LogP contribution in [0, 0.1) is 0 Å². The summed E-state index contributed by atoms with van der Waals surface area (Å²) >= 11 is 0. The average Bonchev–Trinajstić information content (AvgIpc) is 3.22. The van der Waals surface area contributed by atoms with Crippen LogP contribution < -0.4 is 0 Å². The Morgan fingerprint density at radius 1 is 0.328 bits per heavy atom. The van der Waals surface area contributed by atoms with Gasteiger partial charge in [0.25, 0.3) is 0 Å². The van der Waals surface area contributed by atoms with Crippen LogP contribution in [-0.4, -0.2) is 37.2 Å². The van der Waals surface area contributed by atoms with Gasteiger partial charge < -0.3 is 14.2 Å². The van der Waals surface area contributed by atoms with E-state index in [2.05, 4.69) is 32.9 Å². The fourth-order valence-corrected chi connectivity index (χ4v) is 7.61. The van der Waals surface area contributed by atoms with Crippen molar-refractivity contribution in [1.29, 1.82) is 0 Å². The van der Waals surface area contributed by atoms with Crippen LogP contribution in [0.2, 0.25) is 0 Å². The lowest BCUT2D eigenvalue weighted by Crippen LogP contribution is -2.30. The molecule has 0 spiro atoms. The number of carbonyl (C=O) groups excluding carboxylic acids is 3. The number of hydrogen-bond donors (Lipinski definition) is 0. The highest BCUT2D eigenvalue weighted by Crippen LogP contribution is 2.16. The Bertz CT molecular complexity index is 900. The number of hydrogen-bond acceptors (Lipinski definition) is 6. The molecule has 0 radical (unpaired) electrons. The number of ether oxygens (including phenoxy) is 3. The van der Waals surface area contributed by atoms with Crippen molar-refractivity contribution in [1.82, 2.24) is 0 Å². The quantitative estimate of drug-likeness (QED) is 0.0263. The van der Waals surface area contributed by atoms with E-state index in [9.17, 15) is 14.4 Å². The van der Waals surface area contributed by atoms with Crippen LogP contribution in [-0.2, 0) is 28.6 Å². The fraction of sp³-hybridized carbons (Fsp3) is 0.904. The molecule has 58 heavy (non-hydrogen) atoms. The first kappa shape index (κ1) is 56.1. The zero-order valence-corrected chi connectivity index (χ0v) is 39.1. The van der Waals surface area contributed by atoms with Gasteiger partial charge in [-0.3, -0.25) is 14.4 Å². The predicted molar refractivity (Wildman–Crippen MR) is 247 cm³/mol. The molecule has 0 aromatic heterocycles. The lowest BCUT2D eigenvalue weighted by molar-refractivity contribution is -0.167. The molecule has 0 aliphatic rings. The van der Waals surface area contributed by atoms with E-state index < -0.39 is 6.10 Å². The van der Waals surface area contributed by atoms with Crippen LogP contribution in [0.25, 0.3) is 0 Å². The standard InChI is InChI=1S/C52H98O6/c1-4-7-10-13-15-16-17-18-19-20-21-22-23-24-25-26-27-28-29-30-31-32-33-34-35-36-37-40-42-45-51(54)57-48-49(47-56-50(53)44-41-38-12-9-6-3)58-52(55)46-43-39-14-11-8-5-2/h20-21,49H,4-19,22-48H2,1-3H3/b21-20-. The molecule has 0 aliphatic carbocycles. The Balaban J connectivity index is 3.78. The minimum Gasteiger partial charge on any atom is -0.462 e. The number of rotatable bonds is 47.